The van der Waals surface area contributed by atoms with E-state index in [4.69, 9.17) is 0 Å². The molecule has 0 bridgehead atoms. The highest BCUT2D eigenvalue weighted by molar-refractivity contribution is 7.13. The molecule has 1 heterocycles. The SMILES string of the molecule is CC(C)(C)c1ccc(N(c2ccccc2)c2ccc(-c3cc(C(C)(C)C)cs3)cc2)cc1. The molecule has 3 aromatic carbocycles. The molecule has 0 N–H and O–H groups in total. The van der Waals surface area contributed by atoms with Gasteiger partial charge in [-0.3, -0.25) is 0 Å². The lowest BCUT2D eigenvalue weighted by Gasteiger charge is -2.27. The summed E-state index contributed by atoms with van der Waals surface area (Å²) in [5.41, 5.74) is 7.82. The largest absolute Gasteiger partial charge is 0.311 e. The standard InChI is InChI=1S/C30H33NS/c1-29(2,3)23-14-18-27(19-15-23)31(25-10-8-7-9-11-25)26-16-12-22(13-17-26)28-20-24(21-32-28)30(4,5)6/h7-21H,1-6H3. The van der Waals surface area contributed by atoms with E-state index >= 15 is 0 Å². The fourth-order valence-corrected chi connectivity index (χ4v) is 4.93. The molecule has 0 fully saturated rings. The third-order valence-corrected chi connectivity index (χ3v) is 6.86. The van der Waals surface area contributed by atoms with Gasteiger partial charge < -0.3 is 4.90 Å². The minimum absolute atomic E-state index is 0.143. The van der Waals surface area contributed by atoms with Crippen molar-refractivity contribution in [3.05, 3.63) is 101 Å². The van der Waals surface area contributed by atoms with Crippen molar-refractivity contribution >= 4 is 28.4 Å². The van der Waals surface area contributed by atoms with E-state index in [1.165, 1.54) is 27.3 Å². The number of thiophene rings is 1. The Balaban J connectivity index is 1.70. The third kappa shape index (κ3) is 4.81. The Labute approximate surface area is 197 Å². The summed E-state index contributed by atoms with van der Waals surface area (Å²) in [5.74, 6) is 0. The van der Waals surface area contributed by atoms with Crippen molar-refractivity contribution in [1.29, 1.82) is 0 Å². The smallest absolute Gasteiger partial charge is 0.0462 e. The van der Waals surface area contributed by atoms with Crippen LogP contribution in [-0.2, 0) is 10.8 Å². The number of hydrogen-bond donors (Lipinski definition) is 0. The van der Waals surface area contributed by atoms with Crippen LogP contribution in [0.2, 0.25) is 0 Å². The fourth-order valence-electron chi connectivity index (χ4n) is 3.79. The topological polar surface area (TPSA) is 3.24 Å². The van der Waals surface area contributed by atoms with Crippen LogP contribution in [0.25, 0.3) is 10.4 Å². The Morgan fingerprint density at radius 1 is 0.562 bits per heavy atom. The molecule has 32 heavy (non-hydrogen) atoms. The Morgan fingerprint density at radius 3 is 1.56 bits per heavy atom. The highest BCUT2D eigenvalue weighted by Gasteiger charge is 2.18. The summed E-state index contributed by atoms with van der Waals surface area (Å²) in [6.45, 7) is 13.6. The second-order valence-electron chi connectivity index (χ2n) is 10.5. The Kier molecular flexibility index (Phi) is 6.01. The van der Waals surface area contributed by atoms with Gasteiger partial charge in [-0.05, 0) is 75.4 Å². The number of nitrogens with zero attached hydrogens (tertiary/aromatic N) is 1. The van der Waals surface area contributed by atoms with Gasteiger partial charge in [-0.25, -0.2) is 0 Å². The maximum absolute atomic E-state index is 2.33. The van der Waals surface area contributed by atoms with Crippen molar-refractivity contribution in [3.8, 4) is 10.4 Å². The van der Waals surface area contributed by atoms with Crippen molar-refractivity contribution in [1.82, 2.24) is 0 Å². The zero-order valence-corrected chi connectivity index (χ0v) is 20.8. The number of benzene rings is 3. The molecule has 0 aliphatic heterocycles. The molecule has 0 saturated heterocycles. The lowest BCUT2D eigenvalue weighted by atomic mass is 9.87. The van der Waals surface area contributed by atoms with Gasteiger partial charge in [0.15, 0.2) is 0 Å². The van der Waals surface area contributed by atoms with Crippen molar-refractivity contribution in [3.63, 3.8) is 0 Å². The summed E-state index contributed by atoms with van der Waals surface area (Å²) in [4.78, 5) is 3.65. The summed E-state index contributed by atoms with van der Waals surface area (Å²) >= 11 is 1.83. The predicted molar refractivity (Wildman–Crippen MR) is 142 cm³/mol. The Bertz CT molecular complexity index is 1150. The maximum Gasteiger partial charge on any atom is 0.0462 e. The summed E-state index contributed by atoms with van der Waals surface area (Å²) in [6, 6.07) is 30.8. The van der Waals surface area contributed by atoms with Crippen LogP contribution in [0, 0.1) is 0 Å². The highest BCUT2D eigenvalue weighted by Crippen LogP contribution is 2.38. The number of rotatable bonds is 4. The molecule has 0 aliphatic rings. The van der Waals surface area contributed by atoms with Gasteiger partial charge in [0.05, 0.1) is 0 Å². The van der Waals surface area contributed by atoms with Gasteiger partial charge in [0.2, 0.25) is 0 Å². The molecule has 1 nitrogen and oxygen atoms in total. The van der Waals surface area contributed by atoms with Gasteiger partial charge in [0.1, 0.15) is 0 Å². The van der Waals surface area contributed by atoms with Crippen LogP contribution in [0.5, 0.6) is 0 Å². The van der Waals surface area contributed by atoms with Crippen LogP contribution in [0.15, 0.2) is 90.3 Å². The highest BCUT2D eigenvalue weighted by atomic mass is 32.1. The van der Waals surface area contributed by atoms with Crippen molar-refractivity contribution in [2.45, 2.75) is 52.4 Å². The summed E-state index contributed by atoms with van der Waals surface area (Å²) < 4.78 is 0. The quantitative estimate of drug-likeness (QED) is 0.306. The van der Waals surface area contributed by atoms with E-state index in [0.29, 0.717) is 0 Å². The van der Waals surface area contributed by atoms with Gasteiger partial charge in [-0.15, -0.1) is 11.3 Å². The molecule has 1 aromatic heterocycles. The first-order valence-corrected chi connectivity index (χ1v) is 12.2. The summed E-state index contributed by atoms with van der Waals surface area (Å²) in [7, 11) is 0. The van der Waals surface area contributed by atoms with Crippen molar-refractivity contribution < 1.29 is 0 Å². The monoisotopic (exact) mass is 439 g/mol. The first-order valence-electron chi connectivity index (χ1n) is 11.3. The lowest BCUT2D eigenvalue weighted by Crippen LogP contribution is -2.13. The number of anilines is 3. The third-order valence-electron chi connectivity index (χ3n) is 5.88. The molecule has 0 aliphatic carbocycles. The molecule has 0 spiro atoms. The second kappa shape index (κ2) is 8.60. The molecule has 2 heteroatoms. The van der Waals surface area contributed by atoms with Crippen LogP contribution in [0.4, 0.5) is 17.1 Å². The molecular formula is C30H33NS. The fraction of sp³-hybridized carbons (Fsp3) is 0.267. The Morgan fingerprint density at radius 2 is 1.06 bits per heavy atom. The van der Waals surface area contributed by atoms with E-state index in [1.807, 2.05) is 11.3 Å². The van der Waals surface area contributed by atoms with E-state index < -0.39 is 0 Å². The maximum atomic E-state index is 2.33. The van der Waals surface area contributed by atoms with Crippen LogP contribution in [0.1, 0.15) is 52.7 Å². The molecule has 4 aromatic rings. The zero-order chi connectivity index (χ0) is 22.9. The van der Waals surface area contributed by atoms with Crippen molar-refractivity contribution in [2.75, 3.05) is 4.90 Å². The van der Waals surface area contributed by atoms with Gasteiger partial charge in [-0.2, -0.15) is 0 Å². The average molecular weight is 440 g/mol. The van der Waals surface area contributed by atoms with E-state index in [2.05, 4.69) is 137 Å². The van der Waals surface area contributed by atoms with E-state index in [-0.39, 0.29) is 10.8 Å². The summed E-state index contributed by atoms with van der Waals surface area (Å²) in [5, 5.41) is 2.29. The van der Waals surface area contributed by atoms with Crippen LogP contribution in [-0.4, -0.2) is 0 Å². The zero-order valence-electron chi connectivity index (χ0n) is 20.0. The molecule has 0 unspecified atom stereocenters. The van der Waals surface area contributed by atoms with Crippen LogP contribution < -0.4 is 4.90 Å². The molecule has 0 amide bonds. The first-order chi connectivity index (χ1) is 15.1. The molecule has 164 valence electrons. The minimum Gasteiger partial charge on any atom is -0.311 e. The van der Waals surface area contributed by atoms with Crippen molar-refractivity contribution in [2.24, 2.45) is 0 Å². The molecule has 0 atom stereocenters. The molecule has 0 saturated carbocycles. The van der Waals surface area contributed by atoms with Gasteiger partial charge in [0, 0.05) is 21.9 Å². The Hall–Kier alpha value is -2.84. The molecule has 4 rings (SSSR count). The average Bonchev–Trinajstić information content (AvgIpc) is 3.26. The lowest BCUT2D eigenvalue weighted by molar-refractivity contribution is 0.590. The predicted octanol–water partition coefficient (Wildman–Crippen LogP) is 9.48. The van der Waals surface area contributed by atoms with Gasteiger partial charge in [0.25, 0.3) is 0 Å². The second-order valence-corrected chi connectivity index (χ2v) is 11.4. The van der Waals surface area contributed by atoms with Gasteiger partial charge >= 0.3 is 0 Å². The summed E-state index contributed by atoms with van der Waals surface area (Å²) in [6.07, 6.45) is 0. The minimum atomic E-state index is 0.143. The van der Waals surface area contributed by atoms with E-state index in [1.54, 1.807) is 0 Å². The first kappa shape index (κ1) is 22.4. The molecule has 0 radical (unpaired) electrons. The van der Waals surface area contributed by atoms with E-state index in [9.17, 15) is 0 Å². The normalized spacial score (nSPS) is 12.1. The van der Waals surface area contributed by atoms with Crippen LogP contribution in [0.3, 0.4) is 0 Å². The molecular weight excluding hydrogens is 406 g/mol. The van der Waals surface area contributed by atoms with Crippen LogP contribution >= 0.6 is 11.3 Å². The van der Waals surface area contributed by atoms with E-state index in [0.717, 1.165) is 11.4 Å². The number of para-hydroxylation sites is 1. The van der Waals surface area contributed by atoms with Gasteiger partial charge in [-0.1, -0.05) is 84.0 Å². The number of hydrogen-bond acceptors (Lipinski definition) is 2.